The molecule has 0 amide bonds. The molecule has 0 bridgehead atoms. The van der Waals surface area contributed by atoms with Gasteiger partial charge in [-0.15, -0.1) is 0 Å². The number of hydrogen-bond acceptors (Lipinski definition) is 8. The summed E-state index contributed by atoms with van der Waals surface area (Å²) in [5, 5.41) is 29.9. The summed E-state index contributed by atoms with van der Waals surface area (Å²) in [6.45, 7) is 7.25. The second-order valence-corrected chi connectivity index (χ2v) is 11.8. The Morgan fingerprint density at radius 2 is 1.86 bits per heavy atom. The molecule has 196 valence electrons. The molecular formula is C21H27F4N2O6PS. The van der Waals surface area contributed by atoms with Crippen LogP contribution in [0, 0.1) is 10.5 Å². The smallest absolute Gasteiger partial charge is 0.387 e. The lowest BCUT2D eigenvalue weighted by Gasteiger charge is -2.34. The Hall–Kier alpha value is -1.31. The van der Waals surface area contributed by atoms with Gasteiger partial charge in [0.1, 0.15) is 45.0 Å². The number of aromatic amines is 1. The summed E-state index contributed by atoms with van der Waals surface area (Å²) in [7, 11) is -2.23. The van der Waals surface area contributed by atoms with E-state index in [0.29, 0.717) is 0 Å². The maximum Gasteiger partial charge on any atom is 0.433 e. The third-order valence-corrected chi connectivity index (χ3v) is 7.79. The van der Waals surface area contributed by atoms with Crippen LogP contribution in [0.1, 0.15) is 52.3 Å². The molecule has 2 aromatic rings. The van der Waals surface area contributed by atoms with E-state index in [1.165, 1.54) is 27.7 Å². The number of aliphatic hydroxyl groups excluding tert-OH is 2. The van der Waals surface area contributed by atoms with Crippen molar-refractivity contribution in [3.05, 3.63) is 33.8 Å². The molecule has 35 heavy (non-hydrogen) atoms. The van der Waals surface area contributed by atoms with Crippen LogP contribution in [0.3, 0.4) is 0 Å². The Morgan fingerprint density at radius 3 is 2.40 bits per heavy atom. The monoisotopic (exact) mass is 542 g/mol. The molecule has 1 saturated heterocycles. The second kappa shape index (κ2) is 9.21. The minimum Gasteiger partial charge on any atom is -0.387 e. The maximum absolute atomic E-state index is 14.6. The molecule has 0 spiro atoms. The number of pyridine rings is 2. The molecule has 3 rings (SSSR count). The van der Waals surface area contributed by atoms with Gasteiger partial charge in [0.25, 0.3) is 0 Å². The Bertz CT molecular complexity index is 1180. The number of aliphatic hydroxyl groups is 3. The van der Waals surface area contributed by atoms with Crippen molar-refractivity contribution in [3.8, 4) is 0 Å². The number of halogens is 4. The van der Waals surface area contributed by atoms with Crippen LogP contribution in [0.15, 0.2) is 12.1 Å². The Labute approximate surface area is 204 Å². The van der Waals surface area contributed by atoms with Crippen molar-refractivity contribution in [2.45, 2.75) is 82.1 Å². The molecule has 0 aromatic carbocycles. The highest BCUT2D eigenvalue weighted by molar-refractivity contribution is 7.71. The predicted molar refractivity (Wildman–Crippen MR) is 121 cm³/mol. The van der Waals surface area contributed by atoms with Crippen molar-refractivity contribution in [1.82, 2.24) is 9.97 Å². The van der Waals surface area contributed by atoms with E-state index < -0.39 is 66.6 Å². The largest absolute Gasteiger partial charge is 0.433 e. The summed E-state index contributed by atoms with van der Waals surface area (Å²) < 4.78 is 65.1. The average molecular weight is 542 g/mol. The fourth-order valence-corrected chi connectivity index (χ4v) is 5.21. The van der Waals surface area contributed by atoms with Crippen molar-refractivity contribution in [2.24, 2.45) is 0 Å². The molecule has 8 nitrogen and oxygen atoms in total. The predicted octanol–water partition coefficient (Wildman–Crippen LogP) is 4.00. The van der Waals surface area contributed by atoms with Crippen LogP contribution in [0.25, 0.3) is 11.0 Å². The molecule has 14 heteroatoms. The van der Waals surface area contributed by atoms with Gasteiger partial charge in [0, 0.05) is 18.1 Å². The number of ether oxygens (including phenoxy) is 1. The zero-order chi connectivity index (χ0) is 26.7. The Balaban J connectivity index is 1.98. The van der Waals surface area contributed by atoms with E-state index in [2.05, 4.69) is 9.97 Å². The molecule has 5 N–H and O–H groups in total. The highest BCUT2D eigenvalue weighted by atomic mass is 32.1. The summed E-state index contributed by atoms with van der Waals surface area (Å²) >= 11 is 5.27. The highest BCUT2D eigenvalue weighted by Gasteiger charge is 2.59. The fourth-order valence-electron chi connectivity index (χ4n) is 4.18. The van der Waals surface area contributed by atoms with Gasteiger partial charge in [-0.05, 0) is 40.7 Å². The molecule has 3 heterocycles. The van der Waals surface area contributed by atoms with Crippen molar-refractivity contribution in [1.29, 1.82) is 0 Å². The number of nitrogens with zero attached hydrogens (tertiary/aromatic N) is 1. The van der Waals surface area contributed by atoms with Gasteiger partial charge in [-0.3, -0.25) is 0 Å². The number of H-pyrrole nitrogens is 1. The third-order valence-electron chi connectivity index (χ3n) is 5.97. The number of aromatic nitrogens is 2. The first-order chi connectivity index (χ1) is 15.8. The Morgan fingerprint density at radius 1 is 1.26 bits per heavy atom. The molecule has 2 aromatic heterocycles. The first kappa shape index (κ1) is 28.3. The zero-order valence-electron chi connectivity index (χ0n) is 19.5. The van der Waals surface area contributed by atoms with E-state index >= 15 is 0 Å². The number of rotatable bonds is 6. The van der Waals surface area contributed by atoms with Crippen LogP contribution in [0.4, 0.5) is 17.6 Å². The summed E-state index contributed by atoms with van der Waals surface area (Å²) in [4.78, 5) is 15.9. The van der Waals surface area contributed by atoms with E-state index in [1.807, 2.05) is 0 Å². The number of fused-ring (bicyclic) bond motifs is 1. The summed E-state index contributed by atoms with van der Waals surface area (Å²) in [6.07, 6.45) is -8.66. The third kappa shape index (κ3) is 5.37. The normalized spacial score (nSPS) is 29.5. The molecule has 5 unspecified atom stereocenters. The van der Waals surface area contributed by atoms with Gasteiger partial charge in [0.05, 0.1) is 17.1 Å². The van der Waals surface area contributed by atoms with Crippen molar-refractivity contribution >= 4 is 31.6 Å². The summed E-state index contributed by atoms with van der Waals surface area (Å²) in [6, 6.07) is 1.39. The van der Waals surface area contributed by atoms with Gasteiger partial charge < -0.3 is 34.5 Å². The summed E-state index contributed by atoms with van der Waals surface area (Å²) in [5.74, 6) is -1.21. The fraction of sp³-hybridized carbons (Fsp3) is 0.619. The average Bonchev–Trinajstić information content (AvgIpc) is 2.86. The zero-order valence-corrected chi connectivity index (χ0v) is 21.2. The molecule has 1 aliphatic rings. The molecule has 0 aliphatic carbocycles. The molecule has 1 fully saturated rings. The first-order valence-electron chi connectivity index (χ1n) is 10.6. The van der Waals surface area contributed by atoms with E-state index in [1.54, 1.807) is 6.92 Å². The standard InChI is InChI=1S/C21H27F4N2O6PS/c1-9(32-34(31)18(2,3)30)8-19(4)14(28)15(29)20(5,33-19)11-6-10-12(22)7-13(21(23,24)25)26-16(10)27-17(11)35/h6-7,9,14-15,28-31H,8H2,1-5H3,(H,26,27,35)/t9?,14-,15?,19?,20?,34?/m1/s1. The number of nitrogens with one attached hydrogen (secondary N) is 1. The lowest BCUT2D eigenvalue weighted by Crippen LogP contribution is -2.43. The molecule has 6 atom stereocenters. The van der Waals surface area contributed by atoms with E-state index in [-0.39, 0.29) is 28.1 Å². The number of alkyl halides is 3. The van der Waals surface area contributed by atoms with Gasteiger partial charge in [0.2, 0.25) is 8.38 Å². The quantitative estimate of drug-likeness (QED) is 0.211. The first-order valence-corrected chi connectivity index (χ1v) is 12.2. The molecular weight excluding hydrogens is 515 g/mol. The van der Waals surface area contributed by atoms with Crippen molar-refractivity contribution in [2.75, 3.05) is 0 Å². The van der Waals surface area contributed by atoms with E-state index in [9.17, 15) is 37.8 Å². The van der Waals surface area contributed by atoms with Gasteiger partial charge >= 0.3 is 6.18 Å². The van der Waals surface area contributed by atoms with Crippen molar-refractivity contribution < 1.29 is 47.0 Å². The summed E-state index contributed by atoms with van der Waals surface area (Å²) in [5.41, 5.74) is -4.96. The van der Waals surface area contributed by atoms with E-state index in [4.69, 9.17) is 21.5 Å². The van der Waals surface area contributed by atoms with Gasteiger partial charge in [-0.2, -0.15) is 13.2 Å². The van der Waals surface area contributed by atoms with Crippen LogP contribution in [-0.4, -0.2) is 59.4 Å². The van der Waals surface area contributed by atoms with Crippen LogP contribution in [0.5, 0.6) is 0 Å². The minimum absolute atomic E-state index is 0.0226. The lowest BCUT2D eigenvalue weighted by atomic mass is 9.85. The molecule has 0 saturated carbocycles. The van der Waals surface area contributed by atoms with Crippen LogP contribution in [-0.2, 0) is 21.0 Å². The number of hydrogen-bond donors (Lipinski definition) is 5. The van der Waals surface area contributed by atoms with Gasteiger partial charge in [-0.1, -0.05) is 12.2 Å². The van der Waals surface area contributed by atoms with Crippen molar-refractivity contribution in [3.63, 3.8) is 0 Å². The van der Waals surface area contributed by atoms with E-state index in [0.717, 1.165) is 6.07 Å². The Kier molecular flexibility index (Phi) is 7.44. The minimum atomic E-state index is -4.87. The maximum atomic E-state index is 14.6. The highest BCUT2D eigenvalue weighted by Crippen LogP contribution is 2.50. The van der Waals surface area contributed by atoms with Crippen LogP contribution < -0.4 is 0 Å². The topological polar surface area (TPSA) is 128 Å². The molecule has 1 aliphatic heterocycles. The van der Waals surface area contributed by atoms with Gasteiger partial charge in [-0.25, -0.2) is 9.37 Å². The van der Waals surface area contributed by atoms with Crippen LogP contribution >= 0.6 is 20.6 Å². The molecule has 0 radical (unpaired) electrons. The SMILES string of the molecule is CC(CC1(C)OC(C)(c2cc3c(F)cc(C(F)(F)F)nc3[nH]c2=S)C(O)[C@H]1O)OP(O)C(C)(C)O. The lowest BCUT2D eigenvalue weighted by molar-refractivity contribution is -0.141. The van der Waals surface area contributed by atoms with Crippen LogP contribution in [0.2, 0.25) is 0 Å². The second-order valence-electron chi connectivity index (χ2n) is 9.56. The van der Waals surface area contributed by atoms with Gasteiger partial charge in [0.15, 0.2) is 0 Å².